The summed E-state index contributed by atoms with van der Waals surface area (Å²) >= 11 is 2.20. The van der Waals surface area contributed by atoms with Gasteiger partial charge in [0.1, 0.15) is 0 Å². The van der Waals surface area contributed by atoms with Crippen LogP contribution >= 0.6 is 22.6 Å². The van der Waals surface area contributed by atoms with Crippen molar-refractivity contribution in [3.8, 4) is 5.69 Å². The van der Waals surface area contributed by atoms with Crippen LogP contribution in [0.5, 0.6) is 0 Å². The average Bonchev–Trinajstić information content (AvgIpc) is 2.74. The molecule has 0 bridgehead atoms. The highest BCUT2D eigenvalue weighted by atomic mass is 127. The van der Waals surface area contributed by atoms with E-state index in [2.05, 4.69) is 32.9 Å². The Hall–Kier alpha value is -1.44. The van der Waals surface area contributed by atoms with E-state index >= 15 is 0 Å². The number of benzene rings is 1. The Morgan fingerprint density at radius 1 is 1.44 bits per heavy atom. The molecule has 0 aliphatic rings. The smallest absolute Gasteiger partial charge is 0.358 e. The molecule has 0 aliphatic heterocycles. The van der Waals surface area contributed by atoms with Crippen LogP contribution in [0.3, 0.4) is 0 Å². The Morgan fingerprint density at radius 2 is 2.17 bits per heavy atom. The van der Waals surface area contributed by atoms with Gasteiger partial charge in [0.05, 0.1) is 11.4 Å². The molecule has 5 nitrogen and oxygen atoms in total. The Bertz CT molecular complexity index is 580. The molecule has 2 rings (SSSR count). The molecule has 0 unspecified atom stereocenters. The van der Waals surface area contributed by atoms with E-state index in [0.29, 0.717) is 12.1 Å². The van der Waals surface area contributed by atoms with Crippen molar-refractivity contribution in [3.05, 3.63) is 39.2 Å². The van der Waals surface area contributed by atoms with E-state index in [1.165, 1.54) is 0 Å². The number of aromatic carboxylic acids is 1. The summed E-state index contributed by atoms with van der Waals surface area (Å²) in [6, 6.07) is 7.68. The Kier molecular flexibility index (Phi) is 3.95. The molecule has 1 N–H and O–H groups in total. The topological polar surface area (TPSA) is 68.0 Å². The van der Waals surface area contributed by atoms with Crippen LogP contribution < -0.4 is 0 Å². The lowest BCUT2D eigenvalue weighted by molar-refractivity contribution is 0.0689. The molecule has 1 heterocycles. The van der Waals surface area contributed by atoms with Crippen LogP contribution in [-0.2, 0) is 6.42 Å². The summed E-state index contributed by atoms with van der Waals surface area (Å²) in [5, 5.41) is 16.8. The first-order valence-electron chi connectivity index (χ1n) is 5.58. The summed E-state index contributed by atoms with van der Waals surface area (Å²) in [6.07, 6.45) is 1.48. The third-order valence-corrected chi connectivity index (χ3v) is 3.45. The number of para-hydroxylation sites is 1. The zero-order valence-corrected chi connectivity index (χ0v) is 12.0. The largest absolute Gasteiger partial charge is 0.476 e. The van der Waals surface area contributed by atoms with Crippen molar-refractivity contribution < 1.29 is 9.90 Å². The summed E-state index contributed by atoms with van der Waals surface area (Å²) in [7, 11) is 0. The van der Waals surface area contributed by atoms with Crippen molar-refractivity contribution in [3.63, 3.8) is 0 Å². The minimum Gasteiger partial charge on any atom is -0.476 e. The molecule has 1 aromatic carbocycles. The first-order chi connectivity index (χ1) is 8.65. The summed E-state index contributed by atoms with van der Waals surface area (Å²) in [6.45, 7) is 2.00. The van der Waals surface area contributed by atoms with Crippen molar-refractivity contribution in [1.29, 1.82) is 0 Å². The number of hydrogen-bond acceptors (Lipinski definition) is 3. The Morgan fingerprint density at radius 3 is 2.78 bits per heavy atom. The van der Waals surface area contributed by atoms with Crippen molar-refractivity contribution in [2.75, 3.05) is 0 Å². The van der Waals surface area contributed by atoms with E-state index in [4.69, 9.17) is 5.11 Å². The third kappa shape index (κ3) is 2.38. The molecule has 0 amide bonds. The molecule has 0 spiro atoms. The number of nitrogens with zero attached hydrogens (tertiary/aromatic N) is 3. The van der Waals surface area contributed by atoms with Gasteiger partial charge in [-0.25, -0.2) is 9.48 Å². The van der Waals surface area contributed by atoms with Gasteiger partial charge in [-0.2, -0.15) is 0 Å². The van der Waals surface area contributed by atoms with Crippen molar-refractivity contribution in [2.45, 2.75) is 19.8 Å². The molecule has 0 saturated heterocycles. The standard InChI is InChI=1S/C12H12IN3O2/c1-2-5-10-11(12(17)18)14-15-16(10)9-7-4-3-6-8(9)13/h3-4,6-7H,2,5H2,1H3,(H,17,18). The predicted octanol–water partition coefficient (Wildman–Crippen LogP) is 2.52. The van der Waals surface area contributed by atoms with Gasteiger partial charge in [-0.3, -0.25) is 0 Å². The average molecular weight is 357 g/mol. The van der Waals surface area contributed by atoms with Crippen molar-refractivity contribution in [1.82, 2.24) is 15.0 Å². The zero-order valence-electron chi connectivity index (χ0n) is 9.80. The Labute approximate surface area is 118 Å². The number of aromatic nitrogens is 3. The third-order valence-electron chi connectivity index (χ3n) is 2.53. The van der Waals surface area contributed by atoms with Crippen LogP contribution in [0.15, 0.2) is 24.3 Å². The predicted molar refractivity (Wildman–Crippen MR) is 75.0 cm³/mol. The van der Waals surface area contributed by atoms with Crippen LogP contribution in [0.25, 0.3) is 5.69 Å². The molecule has 0 fully saturated rings. The van der Waals surface area contributed by atoms with Crippen LogP contribution in [0.1, 0.15) is 29.5 Å². The van der Waals surface area contributed by atoms with Crippen LogP contribution in [0, 0.1) is 3.57 Å². The number of halogens is 1. The monoisotopic (exact) mass is 357 g/mol. The first kappa shape index (κ1) is 13.0. The van der Waals surface area contributed by atoms with Crippen LogP contribution in [0.2, 0.25) is 0 Å². The van der Waals surface area contributed by atoms with E-state index < -0.39 is 5.97 Å². The maximum atomic E-state index is 11.1. The summed E-state index contributed by atoms with van der Waals surface area (Å²) in [5.74, 6) is -1.03. The molecule has 6 heteroatoms. The van der Waals surface area contributed by atoms with Gasteiger partial charge in [-0.15, -0.1) is 5.10 Å². The van der Waals surface area contributed by atoms with E-state index in [9.17, 15) is 4.79 Å². The maximum absolute atomic E-state index is 11.1. The molecule has 0 saturated carbocycles. The van der Waals surface area contributed by atoms with Gasteiger partial charge < -0.3 is 5.11 Å². The highest BCUT2D eigenvalue weighted by Gasteiger charge is 2.19. The fraction of sp³-hybridized carbons (Fsp3) is 0.250. The van der Waals surface area contributed by atoms with Gasteiger partial charge >= 0.3 is 5.97 Å². The number of carbonyl (C=O) groups is 1. The quantitative estimate of drug-likeness (QED) is 0.854. The normalized spacial score (nSPS) is 10.6. The summed E-state index contributed by atoms with van der Waals surface area (Å²) in [4.78, 5) is 11.1. The fourth-order valence-electron chi connectivity index (χ4n) is 1.75. The molecular formula is C12H12IN3O2. The van der Waals surface area contributed by atoms with Gasteiger partial charge in [-0.05, 0) is 41.1 Å². The van der Waals surface area contributed by atoms with Crippen molar-refractivity contribution in [2.24, 2.45) is 0 Å². The number of carboxylic acid groups (broad SMARTS) is 1. The van der Waals surface area contributed by atoms with E-state index in [1.54, 1.807) is 4.68 Å². The number of carboxylic acids is 1. The lowest BCUT2D eigenvalue weighted by atomic mass is 10.2. The SMILES string of the molecule is CCCc1c(C(=O)O)nnn1-c1ccccc1I. The minimum absolute atomic E-state index is 0.0384. The molecule has 1 aromatic heterocycles. The van der Waals surface area contributed by atoms with Gasteiger partial charge in [-0.1, -0.05) is 30.7 Å². The molecule has 0 radical (unpaired) electrons. The van der Waals surface area contributed by atoms with Gasteiger partial charge in [0.2, 0.25) is 0 Å². The lowest BCUT2D eigenvalue weighted by Crippen LogP contribution is -2.07. The van der Waals surface area contributed by atoms with Gasteiger partial charge in [0.25, 0.3) is 0 Å². The molecule has 0 atom stereocenters. The van der Waals surface area contributed by atoms with Crippen molar-refractivity contribution >= 4 is 28.6 Å². The van der Waals surface area contributed by atoms with E-state index in [0.717, 1.165) is 15.7 Å². The maximum Gasteiger partial charge on any atom is 0.358 e. The second-order valence-corrected chi connectivity index (χ2v) is 4.97. The number of rotatable bonds is 4. The lowest BCUT2D eigenvalue weighted by Gasteiger charge is -2.07. The highest BCUT2D eigenvalue weighted by molar-refractivity contribution is 14.1. The van der Waals surface area contributed by atoms with E-state index in [-0.39, 0.29) is 5.69 Å². The van der Waals surface area contributed by atoms with Gasteiger partial charge in [0.15, 0.2) is 5.69 Å². The van der Waals surface area contributed by atoms with Crippen LogP contribution in [0.4, 0.5) is 0 Å². The Balaban J connectivity index is 2.58. The molecule has 0 aliphatic carbocycles. The van der Waals surface area contributed by atoms with E-state index in [1.807, 2.05) is 31.2 Å². The summed E-state index contributed by atoms with van der Waals surface area (Å²) in [5.41, 5.74) is 1.55. The summed E-state index contributed by atoms with van der Waals surface area (Å²) < 4.78 is 2.63. The van der Waals surface area contributed by atoms with Crippen LogP contribution in [-0.4, -0.2) is 26.1 Å². The molecule has 2 aromatic rings. The minimum atomic E-state index is -1.03. The molecular weight excluding hydrogens is 345 g/mol. The second-order valence-electron chi connectivity index (χ2n) is 3.80. The van der Waals surface area contributed by atoms with Gasteiger partial charge in [0, 0.05) is 3.57 Å². The zero-order chi connectivity index (χ0) is 13.1. The highest BCUT2D eigenvalue weighted by Crippen LogP contribution is 2.19. The molecule has 18 heavy (non-hydrogen) atoms. The molecule has 94 valence electrons. The first-order valence-corrected chi connectivity index (χ1v) is 6.65. The second kappa shape index (κ2) is 5.47. The fourth-order valence-corrected chi connectivity index (χ4v) is 2.36. The number of hydrogen-bond donors (Lipinski definition) is 1.